The lowest BCUT2D eigenvalue weighted by molar-refractivity contribution is 0.319. The molecule has 0 amide bonds. The second kappa shape index (κ2) is 5.82. The molecule has 4 nitrogen and oxygen atoms in total. The smallest absolute Gasteiger partial charge is 0.0693 e. The number of aryl methyl sites for hydroxylation is 1. The van der Waals surface area contributed by atoms with Crippen LogP contribution in [0.25, 0.3) is 0 Å². The molecule has 0 saturated heterocycles. The first kappa shape index (κ1) is 14.2. The van der Waals surface area contributed by atoms with Crippen molar-refractivity contribution in [1.82, 2.24) is 14.7 Å². The van der Waals surface area contributed by atoms with Crippen LogP contribution in [0.15, 0.2) is 24.5 Å². The summed E-state index contributed by atoms with van der Waals surface area (Å²) < 4.78 is 1.79. The molecule has 2 N–H and O–H groups in total. The monoisotopic (exact) mass is 298 g/mol. The predicted molar refractivity (Wildman–Crippen MR) is 79.3 cm³/mol. The molecular formula is C13H16Cl2N4. The van der Waals surface area contributed by atoms with E-state index < -0.39 is 0 Å². The lowest BCUT2D eigenvalue weighted by atomic mass is 10.2. The summed E-state index contributed by atoms with van der Waals surface area (Å²) in [6, 6.07) is 3.70. The first-order valence-electron chi connectivity index (χ1n) is 5.85. The average molecular weight is 299 g/mol. The van der Waals surface area contributed by atoms with Gasteiger partial charge in [0.2, 0.25) is 0 Å². The van der Waals surface area contributed by atoms with Crippen molar-refractivity contribution in [2.24, 2.45) is 7.05 Å². The molecule has 102 valence electrons. The SMILES string of the molecule is CN(Cc1cc(Cl)c(N)c(Cl)c1)Cc1cnn(C)c1. The van der Waals surface area contributed by atoms with E-state index in [9.17, 15) is 0 Å². The maximum atomic E-state index is 6.02. The number of aromatic nitrogens is 2. The number of anilines is 1. The van der Waals surface area contributed by atoms with Gasteiger partial charge in [0.15, 0.2) is 0 Å². The van der Waals surface area contributed by atoms with Crippen molar-refractivity contribution in [3.63, 3.8) is 0 Å². The molecule has 6 heteroatoms. The van der Waals surface area contributed by atoms with Crippen LogP contribution < -0.4 is 5.73 Å². The second-order valence-corrected chi connectivity index (χ2v) is 5.48. The van der Waals surface area contributed by atoms with Gasteiger partial charge < -0.3 is 5.73 Å². The number of hydrogen-bond acceptors (Lipinski definition) is 3. The maximum Gasteiger partial charge on any atom is 0.0693 e. The van der Waals surface area contributed by atoms with Crippen molar-refractivity contribution in [2.45, 2.75) is 13.1 Å². The summed E-state index contributed by atoms with van der Waals surface area (Å²) >= 11 is 12.0. The Kier molecular flexibility index (Phi) is 4.34. The number of nitrogen functional groups attached to an aromatic ring is 1. The minimum atomic E-state index is 0.432. The van der Waals surface area contributed by atoms with Crippen LogP contribution in [0.4, 0.5) is 5.69 Å². The highest BCUT2D eigenvalue weighted by atomic mass is 35.5. The Morgan fingerprint density at radius 1 is 1.21 bits per heavy atom. The van der Waals surface area contributed by atoms with Crippen LogP contribution in [0, 0.1) is 0 Å². The normalized spacial score (nSPS) is 11.2. The lowest BCUT2D eigenvalue weighted by Gasteiger charge is -2.16. The molecule has 0 aliphatic carbocycles. The van der Waals surface area contributed by atoms with Crippen molar-refractivity contribution in [1.29, 1.82) is 0 Å². The Hall–Kier alpha value is -1.23. The van der Waals surface area contributed by atoms with Gasteiger partial charge in [0.05, 0.1) is 21.9 Å². The number of nitrogens with two attached hydrogens (primary N) is 1. The highest BCUT2D eigenvalue weighted by Crippen LogP contribution is 2.29. The fourth-order valence-corrected chi connectivity index (χ4v) is 2.49. The molecule has 0 fully saturated rings. The van der Waals surface area contributed by atoms with Gasteiger partial charge in [0, 0.05) is 31.9 Å². The van der Waals surface area contributed by atoms with E-state index in [1.54, 1.807) is 4.68 Å². The van der Waals surface area contributed by atoms with E-state index in [1.807, 2.05) is 38.6 Å². The molecule has 0 spiro atoms. The first-order chi connectivity index (χ1) is 8.95. The highest BCUT2D eigenvalue weighted by molar-refractivity contribution is 6.38. The number of halogens is 2. The van der Waals surface area contributed by atoms with Crippen molar-refractivity contribution in [2.75, 3.05) is 12.8 Å². The standard InChI is InChI=1S/C13H16Cl2N4/c1-18(7-10-5-17-19(2)8-10)6-9-3-11(14)13(16)12(15)4-9/h3-5,8H,6-7,16H2,1-2H3. The number of rotatable bonds is 4. The summed E-state index contributed by atoms with van der Waals surface area (Å²) in [4.78, 5) is 2.16. The van der Waals surface area contributed by atoms with Crippen LogP contribution in [0.2, 0.25) is 10.0 Å². The summed E-state index contributed by atoms with van der Waals surface area (Å²) in [5.74, 6) is 0. The molecule has 19 heavy (non-hydrogen) atoms. The second-order valence-electron chi connectivity index (χ2n) is 4.67. The third-order valence-electron chi connectivity index (χ3n) is 2.80. The topological polar surface area (TPSA) is 47.1 Å². The Labute approximate surface area is 122 Å². The lowest BCUT2D eigenvalue weighted by Crippen LogP contribution is -2.17. The van der Waals surface area contributed by atoms with E-state index in [-0.39, 0.29) is 0 Å². The van der Waals surface area contributed by atoms with Crippen LogP contribution in [0.5, 0.6) is 0 Å². The molecule has 1 heterocycles. The molecule has 0 aliphatic rings. The van der Waals surface area contributed by atoms with Crippen molar-refractivity contribution in [3.05, 3.63) is 45.7 Å². The van der Waals surface area contributed by atoms with Crippen LogP contribution in [0.3, 0.4) is 0 Å². The van der Waals surface area contributed by atoms with Gasteiger partial charge in [-0.15, -0.1) is 0 Å². The Morgan fingerprint density at radius 3 is 2.32 bits per heavy atom. The van der Waals surface area contributed by atoms with Crippen LogP contribution in [-0.2, 0) is 20.1 Å². The van der Waals surface area contributed by atoms with E-state index in [0.29, 0.717) is 15.7 Å². The number of benzene rings is 1. The summed E-state index contributed by atoms with van der Waals surface area (Å²) in [6.45, 7) is 1.56. The zero-order valence-electron chi connectivity index (χ0n) is 10.9. The molecule has 0 atom stereocenters. The van der Waals surface area contributed by atoms with Crippen LogP contribution in [-0.4, -0.2) is 21.7 Å². The molecular weight excluding hydrogens is 283 g/mol. The first-order valence-corrected chi connectivity index (χ1v) is 6.61. The van der Waals surface area contributed by atoms with Gasteiger partial charge in [-0.2, -0.15) is 5.10 Å². The summed E-state index contributed by atoms with van der Waals surface area (Å²) in [6.07, 6.45) is 3.86. The molecule has 1 aromatic carbocycles. The molecule has 2 aromatic rings. The van der Waals surface area contributed by atoms with Crippen molar-refractivity contribution in [3.8, 4) is 0 Å². The fraction of sp³-hybridized carbons (Fsp3) is 0.308. The third kappa shape index (κ3) is 3.62. The zero-order chi connectivity index (χ0) is 14.0. The van der Waals surface area contributed by atoms with E-state index in [0.717, 1.165) is 24.2 Å². The molecule has 1 aromatic heterocycles. The molecule has 0 radical (unpaired) electrons. The minimum absolute atomic E-state index is 0.432. The van der Waals surface area contributed by atoms with Gasteiger partial charge in [-0.1, -0.05) is 23.2 Å². The Morgan fingerprint density at radius 2 is 1.79 bits per heavy atom. The summed E-state index contributed by atoms with van der Waals surface area (Å²) in [7, 11) is 3.94. The average Bonchev–Trinajstić information content (AvgIpc) is 2.71. The van der Waals surface area contributed by atoms with Gasteiger partial charge in [0.25, 0.3) is 0 Å². The van der Waals surface area contributed by atoms with Gasteiger partial charge in [-0.25, -0.2) is 0 Å². The van der Waals surface area contributed by atoms with E-state index >= 15 is 0 Å². The van der Waals surface area contributed by atoms with Crippen molar-refractivity contribution >= 4 is 28.9 Å². The number of nitrogens with zero attached hydrogens (tertiary/aromatic N) is 3. The Bertz CT molecular complexity index is 557. The maximum absolute atomic E-state index is 6.02. The quantitative estimate of drug-likeness (QED) is 0.883. The molecule has 0 unspecified atom stereocenters. The zero-order valence-corrected chi connectivity index (χ0v) is 12.4. The molecule has 0 aliphatic heterocycles. The largest absolute Gasteiger partial charge is 0.396 e. The van der Waals surface area contributed by atoms with Crippen LogP contribution >= 0.6 is 23.2 Å². The minimum Gasteiger partial charge on any atom is -0.396 e. The van der Waals surface area contributed by atoms with Crippen LogP contribution in [0.1, 0.15) is 11.1 Å². The van der Waals surface area contributed by atoms with E-state index in [4.69, 9.17) is 28.9 Å². The predicted octanol–water partition coefficient (Wildman–Crippen LogP) is 2.94. The summed E-state index contributed by atoms with van der Waals surface area (Å²) in [5.41, 5.74) is 8.35. The highest BCUT2D eigenvalue weighted by Gasteiger charge is 2.08. The molecule has 2 rings (SSSR count). The fourth-order valence-electron chi connectivity index (χ4n) is 1.96. The van der Waals surface area contributed by atoms with E-state index in [1.165, 1.54) is 0 Å². The third-order valence-corrected chi connectivity index (χ3v) is 3.43. The van der Waals surface area contributed by atoms with Gasteiger partial charge in [0.1, 0.15) is 0 Å². The molecule has 0 saturated carbocycles. The van der Waals surface area contributed by atoms with Crippen molar-refractivity contribution < 1.29 is 0 Å². The van der Waals surface area contributed by atoms with Gasteiger partial charge >= 0.3 is 0 Å². The van der Waals surface area contributed by atoms with E-state index in [2.05, 4.69) is 10.00 Å². The summed E-state index contributed by atoms with van der Waals surface area (Å²) in [5, 5.41) is 5.14. The van der Waals surface area contributed by atoms with Gasteiger partial charge in [-0.05, 0) is 24.7 Å². The number of hydrogen-bond donors (Lipinski definition) is 1. The Balaban J connectivity index is 2.04. The molecule has 0 bridgehead atoms. The van der Waals surface area contributed by atoms with Gasteiger partial charge in [-0.3, -0.25) is 9.58 Å².